The third-order valence-corrected chi connectivity index (χ3v) is 13.9. The third kappa shape index (κ3) is 6.79. The predicted molar refractivity (Wildman–Crippen MR) is 189 cm³/mol. The van der Waals surface area contributed by atoms with Gasteiger partial charge in [-0.05, 0) is 122 Å². The molecule has 0 radical (unpaired) electrons. The number of aromatic nitrogens is 1. The number of para-hydroxylation sites is 1. The molecule has 2 aromatic rings. The van der Waals surface area contributed by atoms with E-state index in [4.69, 9.17) is 9.47 Å². The Kier molecular flexibility index (Phi) is 10.2. The molecule has 4 aliphatic carbocycles. The highest BCUT2D eigenvalue weighted by Crippen LogP contribution is 2.67. The van der Waals surface area contributed by atoms with Crippen LogP contribution in [-0.2, 0) is 14.3 Å². The molecular weight excluding hydrogens is 582 g/mol. The van der Waals surface area contributed by atoms with Crippen molar-refractivity contribution in [2.75, 3.05) is 0 Å². The first kappa shape index (κ1) is 34.2. The lowest BCUT2D eigenvalue weighted by Crippen LogP contribution is -2.51. The fourth-order valence-electron chi connectivity index (χ4n) is 11.2. The Balaban J connectivity index is 1.02. The number of fused-ring (bicyclic) bond motifs is 6. The van der Waals surface area contributed by atoms with Crippen LogP contribution in [0.15, 0.2) is 48.2 Å². The van der Waals surface area contributed by atoms with Gasteiger partial charge in [0.1, 0.15) is 11.9 Å². The van der Waals surface area contributed by atoms with Crippen molar-refractivity contribution in [1.29, 1.82) is 0 Å². The molecule has 47 heavy (non-hydrogen) atoms. The lowest BCUT2D eigenvalue weighted by molar-refractivity contribution is -0.153. The smallest absolute Gasteiger partial charge is 0.311 e. The van der Waals surface area contributed by atoms with Crippen molar-refractivity contribution in [3.05, 3.63) is 48.2 Å². The molecule has 9 atom stereocenters. The number of hydrogen-bond acceptors (Lipinski definition) is 5. The van der Waals surface area contributed by atoms with Crippen molar-refractivity contribution in [2.45, 2.75) is 131 Å². The molecule has 4 aliphatic rings. The van der Waals surface area contributed by atoms with Crippen LogP contribution < -0.4 is 4.74 Å². The van der Waals surface area contributed by atoms with Gasteiger partial charge in [-0.25, -0.2) is 0 Å². The fraction of sp³-hybridized carbons (Fsp3) is 0.690. The summed E-state index contributed by atoms with van der Waals surface area (Å²) in [6.07, 6.45) is 17.8. The molecule has 0 saturated heterocycles. The topological polar surface area (TPSA) is 65.5 Å². The maximum absolute atomic E-state index is 12.9. The van der Waals surface area contributed by atoms with Crippen molar-refractivity contribution in [1.82, 2.24) is 4.98 Å². The lowest BCUT2D eigenvalue weighted by atomic mass is 9.47. The van der Waals surface area contributed by atoms with Gasteiger partial charge in [-0.1, -0.05) is 78.2 Å². The van der Waals surface area contributed by atoms with Gasteiger partial charge in [0, 0.05) is 18.0 Å². The van der Waals surface area contributed by atoms with Gasteiger partial charge in [0.05, 0.1) is 18.4 Å². The first-order chi connectivity index (χ1) is 22.5. The van der Waals surface area contributed by atoms with E-state index in [1.54, 1.807) is 12.3 Å². The first-order valence-corrected chi connectivity index (χ1v) is 19.0. The molecule has 0 unspecified atom stereocenters. The Morgan fingerprint density at radius 1 is 0.936 bits per heavy atom. The quantitative estimate of drug-likeness (QED) is 0.180. The second-order valence-corrected chi connectivity index (χ2v) is 16.6. The van der Waals surface area contributed by atoms with Gasteiger partial charge in [-0.3, -0.25) is 14.6 Å². The summed E-state index contributed by atoms with van der Waals surface area (Å²) in [5.41, 5.74) is 3.00. The van der Waals surface area contributed by atoms with Gasteiger partial charge < -0.3 is 9.47 Å². The summed E-state index contributed by atoms with van der Waals surface area (Å²) in [6, 6.07) is 9.25. The van der Waals surface area contributed by atoms with Gasteiger partial charge in [-0.2, -0.15) is 0 Å². The van der Waals surface area contributed by atoms with E-state index in [2.05, 4.69) is 52.6 Å². The molecule has 0 spiro atoms. The first-order valence-electron chi connectivity index (χ1n) is 19.0. The molecule has 6 rings (SSSR count). The normalized spacial score (nSPS) is 32.9. The predicted octanol–water partition coefficient (Wildman–Crippen LogP) is 10.5. The number of benzene rings is 1. The number of allylic oxidation sites excluding steroid dienone is 1. The van der Waals surface area contributed by atoms with E-state index in [1.165, 1.54) is 56.9 Å². The highest BCUT2D eigenvalue weighted by atomic mass is 16.5. The number of carbonyl (C=O) groups excluding carboxylic acids is 2. The molecule has 0 aliphatic heterocycles. The summed E-state index contributed by atoms with van der Waals surface area (Å²) < 4.78 is 11.6. The molecule has 0 amide bonds. The summed E-state index contributed by atoms with van der Waals surface area (Å²) in [5.74, 6) is 5.47. The van der Waals surface area contributed by atoms with E-state index in [-0.39, 0.29) is 30.3 Å². The minimum atomic E-state index is -0.427. The molecule has 1 heterocycles. The Morgan fingerprint density at radius 2 is 1.72 bits per heavy atom. The minimum Gasteiger partial charge on any atom is -0.462 e. The molecule has 3 fully saturated rings. The van der Waals surface area contributed by atoms with Gasteiger partial charge >= 0.3 is 11.9 Å². The molecule has 5 nitrogen and oxygen atoms in total. The molecule has 3 saturated carbocycles. The van der Waals surface area contributed by atoms with Gasteiger partial charge in [-0.15, -0.1) is 0 Å². The van der Waals surface area contributed by atoms with Crippen LogP contribution in [-0.4, -0.2) is 23.0 Å². The lowest BCUT2D eigenvalue weighted by Gasteiger charge is -2.58. The highest BCUT2D eigenvalue weighted by molar-refractivity contribution is 5.88. The molecule has 5 heteroatoms. The maximum Gasteiger partial charge on any atom is 0.311 e. The highest BCUT2D eigenvalue weighted by Gasteiger charge is 2.59. The van der Waals surface area contributed by atoms with Crippen LogP contribution in [0.25, 0.3) is 10.9 Å². The average Bonchev–Trinajstić information content (AvgIpc) is 3.41. The van der Waals surface area contributed by atoms with E-state index in [0.29, 0.717) is 11.2 Å². The molecule has 0 bridgehead atoms. The SMILES string of the molecule is CC[C@H](CC[C@@H](C)[C@H]1CC[C@H]2[C@@H]3CC=C4C[C@@H](OC(=O)CCC(=O)Oc5ccnc6ccccc56)CC[C@]4(C)[C@H]3CC[C@]12C)C(C)C. The number of pyridine rings is 1. The molecule has 256 valence electrons. The maximum atomic E-state index is 12.9. The Hall–Kier alpha value is -2.69. The fourth-order valence-corrected chi connectivity index (χ4v) is 11.2. The minimum absolute atomic E-state index is 0.00302. The van der Waals surface area contributed by atoms with Gasteiger partial charge in [0.2, 0.25) is 0 Å². The zero-order valence-electron chi connectivity index (χ0n) is 29.9. The summed E-state index contributed by atoms with van der Waals surface area (Å²) in [4.78, 5) is 29.8. The van der Waals surface area contributed by atoms with Crippen molar-refractivity contribution >= 4 is 22.8 Å². The summed E-state index contributed by atoms with van der Waals surface area (Å²) in [5, 5.41) is 0.784. The van der Waals surface area contributed by atoms with E-state index in [0.717, 1.165) is 71.6 Å². The number of esters is 2. The van der Waals surface area contributed by atoms with Crippen LogP contribution in [0, 0.1) is 52.3 Å². The molecule has 0 N–H and O–H groups in total. The monoisotopic (exact) mass is 641 g/mol. The number of hydrogen-bond donors (Lipinski definition) is 0. The Bertz CT molecular complexity index is 1460. The zero-order chi connectivity index (χ0) is 33.3. The average molecular weight is 642 g/mol. The Labute approximate surface area is 283 Å². The Morgan fingerprint density at radius 3 is 2.51 bits per heavy atom. The number of carbonyl (C=O) groups is 2. The van der Waals surface area contributed by atoms with Gasteiger partial charge in [0.25, 0.3) is 0 Å². The van der Waals surface area contributed by atoms with E-state index in [1.807, 2.05) is 24.3 Å². The number of nitrogens with zero attached hydrogens (tertiary/aromatic N) is 1. The van der Waals surface area contributed by atoms with Crippen LogP contribution in [0.1, 0.15) is 125 Å². The second-order valence-electron chi connectivity index (χ2n) is 16.6. The number of rotatable bonds is 11. The van der Waals surface area contributed by atoms with E-state index >= 15 is 0 Å². The molecular formula is C42H59NO4. The van der Waals surface area contributed by atoms with Crippen LogP contribution >= 0.6 is 0 Å². The van der Waals surface area contributed by atoms with Crippen molar-refractivity contribution < 1.29 is 19.1 Å². The van der Waals surface area contributed by atoms with Crippen molar-refractivity contribution in [3.63, 3.8) is 0 Å². The van der Waals surface area contributed by atoms with Crippen LogP contribution in [0.2, 0.25) is 0 Å². The van der Waals surface area contributed by atoms with Crippen molar-refractivity contribution in [3.8, 4) is 5.75 Å². The van der Waals surface area contributed by atoms with Crippen LogP contribution in [0.4, 0.5) is 0 Å². The number of ether oxygens (including phenoxy) is 2. The standard InChI is InChI=1S/C42H59NO4/c1-7-29(27(2)3)13-12-28(4)34-16-17-35-32-15-14-30-26-31(20-23-41(30,5)36(32)21-24-42(34,35)6)46-39(44)18-19-40(45)47-38-22-25-43-37-11-9-8-10-33(37)38/h8-11,14,22,25,27-29,31-32,34-36H,7,12-13,15-21,23-24,26H2,1-6H3/t28-,29-,31+,32+,34-,35+,36+,41+,42-/m1/s1. The van der Waals surface area contributed by atoms with Crippen LogP contribution in [0.5, 0.6) is 5.75 Å². The molecule has 1 aromatic heterocycles. The summed E-state index contributed by atoms with van der Waals surface area (Å²) >= 11 is 0. The zero-order valence-corrected chi connectivity index (χ0v) is 29.9. The van der Waals surface area contributed by atoms with E-state index in [9.17, 15) is 9.59 Å². The third-order valence-electron chi connectivity index (χ3n) is 13.9. The van der Waals surface area contributed by atoms with E-state index < -0.39 is 5.97 Å². The summed E-state index contributed by atoms with van der Waals surface area (Å²) in [7, 11) is 0. The summed E-state index contributed by atoms with van der Waals surface area (Å²) in [6.45, 7) is 15.0. The largest absolute Gasteiger partial charge is 0.462 e. The molecule has 1 aromatic carbocycles. The van der Waals surface area contributed by atoms with Crippen LogP contribution in [0.3, 0.4) is 0 Å². The van der Waals surface area contributed by atoms with Crippen molar-refractivity contribution in [2.24, 2.45) is 52.3 Å². The van der Waals surface area contributed by atoms with Gasteiger partial charge in [0.15, 0.2) is 0 Å². The second kappa shape index (κ2) is 14.0.